The Morgan fingerprint density at radius 2 is 2.21 bits per heavy atom. The van der Waals surface area contributed by atoms with Gasteiger partial charge >= 0.3 is 5.97 Å². The Kier molecular flexibility index (Phi) is 3.92. The van der Waals surface area contributed by atoms with Crippen molar-refractivity contribution < 1.29 is 9.90 Å². The molecule has 0 aliphatic heterocycles. The maximum Gasteiger partial charge on any atom is 0.328 e. The summed E-state index contributed by atoms with van der Waals surface area (Å²) in [5, 5.41) is 13.0. The first-order chi connectivity index (χ1) is 8.95. The molecule has 19 heavy (non-hydrogen) atoms. The minimum atomic E-state index is -0.905. The van der Waals surface area contributed by atoms with Gasteiger partial charge in [-0.2, -0.15) is 0 Å². The Bertz CT molecular complexity index is 485. The van der Waals surface area contributed by atoms with E-state index in [2.05, 4.69) is 22.3 Å². The molecule has 0 aromatic heterocycles. The van der Waals surface area contributed by atoms with Crippen molar-refractivity contribution in [1.82, 2.24) is 10.2 Å². The van der Waals surface area contributed by atoms with Gasteiger partial charge in [-0.15, -0.1) is 0 Å². The summed E-state index contributed by atoms with van der Waals surface area (Å²) in [6.07, 6.45) is 1.46. The van der Waals surface area contributed by atoms with E-state index in [0.29, 0.717) is 13.0 Å². The van der Waals surface area contributed by atoms with Gasteiger partial charge in [0.25, 0.3) is 0 Å². The predicted octanol–water partition coefficient (Wildman–Crippen LogP) is 1.37. The number of nitrogens with one attached hydrogen (secondary N) is 1. The fraction of sp³-hybridized carbons (Fsp3) is 0.533. The van der Waals surface area contributed by atoms with Crippen LogP contribution in [0.4, 0.5) is 0 Å². The molecule has 1 aliphatic rings. The molecule has 4 heteroatoms. The van der Waals surface area contributed by atoms with Crippen molar-refractivity contribution >= 4 is 5.97 Å². The SMILES string of the molecule is Cc1ccc2c(c1)C(NCCN(C)C)(C(=O)O)CC2. The molecule has 1 aromatic carbocycles. The molecule has 0 spiro atoms. The van der Waals surface area contributed by atoms with Gasteiger partial charge in [0.05, 0.1) is 0 Å². The van der Waals surface area contributed by atoms with Crippen LogP contribution in [0.15, 0.2) is 18.2 Å². The molecule has 0 amide bonds. The number of hydrogen-bond acceptors (Lipinski definition) is 3. The van der Waals surface area contributed by atoms with E-state index in [4.69, 9.17) is 0 Å². The zero-order chi connectivity index (χ0) is 14.0. The lowest BCUT2D eigenvalue weighted by atomic mass is 9.90. The van der Waals surface area contributed by atoms with Crippen LogP contribution in [0.1, 0.15) is 23.1 Å². The van der Waals surface area contributed by atoms with Gasteiger partial charge in [-0.05, 0) is 45.0 Å². The lowest BCUT2D eigenvalue weighted by Gasteiger charge is -2.28. The van der Waals surface area contributed by atoms with Crippen LogP contribution in [0.5, 0.6) is 0 Å². The molecular formula is C15H22N2O2. The summed E-state index contributed by atoms with van der Waals surface area (Å²) in [6.45, 7) is 3.51. The Balaban J connectivity index is 2.28. The quantitative estimate of drug-likeness (QED) is 0.841. The summed E-state index contributed by atoms with van der Waals surface area (Å²) < 4.78 is 0. The molecule has 2 rings (SSSR count). The molecule has 0 fully saturated rings. The first kappa shape index (κ1) is 14.0. The summed E-state index contributed by atoms with van der Waals surface area (Å²) in [4.78, 5) is 13.8. The number of aliphatic carboxylic acids is 1. The molecule has 0 heterocycles. The van der Waals surface area contributed by atoms with Crippen LogP contribution in [0.25, 0.3) is 0 Å². The van der Waals surface area contributed by atoms with Crippen LogP contribution in [0, 0.1) is 6.92 Å². The molecule has 0 saturated carbocycles. The average Bonchev–Trinajstić information content (AvgIpc) is 2.68. The number of likely N-dealkylation sites (N-methyl/N-ethyl adjacent to an activating group) is 1. The third kappa shape index (κ3) is 2.65. The highest BCUT2D eigenvalue weighted by Gasteiger charge is 2.45. The molecule has 4 nitrogen and oxygen atoms in total. The highest BCUT2D eigenvalue weighted by atomic mass is 16.4. The topological polar surface area (TPSA) is 52.6 Å². The number of carboxylic acid groups (broad SMARTS) is 1. The predicted molar refractivity (Wildman–Crippen MR) is 75.4 cm³/mol. The maximum atomic E-state index is 11.8. The molecule has 0 radical (unpaired) electrons. The maximum absolute atomic E-state index is 11.8. The van der Waals surface area contributed by atoms with Crippen LogP contribution in [-0.2, 0) is 16.8 Å². The number of hydrogen-bond donors (Lipinski definition) is 2. The third-order valence-electron chi connectivity index (χ3n) is 3.85. The smallest absolute Gasteiger partial charge is 0.328 e. The Morgan fingerprint density at radius 3 is 2.84 bits per heavy atom. The summed E-state index contributed by atoms with van der Waals surface area (Å²) >= 11 is 0. The molecular weight excluding hydrogens is 240 g/mol. The highest BCUT2D eigenvalue weighted by molar-refractivity contribution is 5.82. The second-order valence-corrected chi connectivity index (χ2v) is 5.60. The van der Waals surface area contributed by atoms with E-state index < -0.39 is 11.5 Å². The Hall–Kier alpha value is -1.39. The normalized spacial score (nSPS) is 21.7. The van der Waals surface area contributed by atoms with Gasteiger partial charge in [0.1, 0.15) is 5.54 Å². The van der Waals surface area contributed by atoms with Gasteiger partial charge in [0.15, 0.2) is 0 Å². The van der Waals surface area contributed by atoms with E-state index in [1.54, 1.807) is 0 Å². The molecule has 104 valence electrons. The van der Waals surface area contributed by atoms with E-state index in [1.165, 1.54) is 0 Å². The monoisotopic (exact) mass is 262 g/mol. The largest absolute Gasteiger partial charge is 0.480 e. The molecule has 1 aromatic rings. The minimum Gasteiger partial charge on any atom is -0.480 e. The average molecular weight is 262 g/mol. The van der Waals surface area contributed by atoms with Gasteiger partial charge in [0.2, 0.25) is 0 Å². The number of benzene rings is 1. The number of fused-ring (bicyclic) bond motifs is 1. The standard InChI is InChI=1S/C15H22N2O2/c1-11-4-5-12-6-7-15(14(18)19,13(12)10-11)16-8-9-17(2)3/h4-5,10,16H,6-9H2,1-3H3,(H,18,19). The van der Waals surface area contributed by atoms with E-state index in [0.717, 1.165) is 29.7 Å². The van der Waals surface area contributed by atoms with Crippen LogP contribution in [-0.4, -0.2) is 43.2 Å². The van der Waals surface area contributed by atoms with Crippen molar-refractivity contribution in [2.75, 3.05) is 27.2 Å². The fourth-order valence-corrected chi connectivity index (χ4v) is 2.74. The van der Waals surface area contributed by atoms with Crippen LogP contribution < -0.4 is 5.32 Å². The number of carbonyl (C=O) groups is 1. The summed E-state index contributed by atoms with van der Waals surface area (Å²) in [5.74, 6) is -0.768. The number of rotatable bonds is 5. The Labute approximate surface area is 114 Å². The molecule has 2 N–H and O–H groups in total. The second kappa shape index (κ2) is 5.31. The van der Waals surface area contributed by atoms with Crippen molar-refractivity contribution in [3.8, 4) is 0 Å². The fourth-order valence-electron chi connectivity index (χ4n) is 2.74. The second-order valence-electron chi connectivity index (χ2n) is 5.60. The van der Waals surface area contributed by atoms with E-state index in [-0.39, 0.29) is 0 Å². The van der Waals surface area contributed by atoms with E-state index >= 15 is 0 Å². The van der Waals surface area contributed by atoms with Crippen LogP contribution >= 0.6 is 0 Å². The van der Waals surface area contributed by atoms with E-state index in [1.807, 2.05) is 27.1 Å². The molecule has 0 saturated heterocycles. The third-order valence-corrected chi connectivity index (χ3v) is 3.85. The zero-order valence-corrected chi connectivity index (χ0v) is 11.9. The van der Waals surface area contributed by atoms with Crippen molar-refractivity contribution in [2.24, 2.45) is 0 Å². The van der Waals surface area contributed by atoms with Crippen LogP contribution in [0.2, 0.25) is 0 Å². The summed E-state index contributed by atoms with van der Waals surface area (Å²) in [5.41, 5.74) is 2.31. The van der Waals surface area contributed by atoms with Crippen LogP contribution in [0.3, 0.4) is 0 Å². The lowest BCUT2D eigenvalue weighted by Crippen LogP contribution is -2.49. The number of carboxylic acids is 1. The van der Waals surface area contributed by atoms with Gasteiger partial charge in [-0.1, -0.05) is 23.8 Å². The molecule has 1 aliphatic carbocycles. The number of nitrogens with zero attached hydrogens (tertiary/aromatic N) is 1. The van der Waals surface area contributed by atoms with Crippen molar-refractivity contribution in [1.29, 1.82) is 0 Å². The lowest BCUT2D eigenvalue weighted by molar-refractivity contribution is -0.145. The summed E-state index contributed by atoms with van der Waals surface area (Å²) in [6, 6.07) is 6.12. The van der Waals surface area contributed by atoms with Gasteiger partial charge in [-0.25, -0.2) is 4.79 Å². The summed E-state index contributed by atoms with van der Waals surface area (Å²) in [7, 11) is 3.98. The molecule has 1 unspecified atom stereocenters. The molecule has 1 atom stereocenters. The zero-order valence-electron chi connectivity index (χ0n) is 11.9. The Morgan fingerprint density at radius 1 is 1.47 bits per heavy atom. The first-order valence-corrected chi connectivity index (χ1v) is 6.69. The van der Waals surface area contributed by atoms with Crippen molar-refractivity contribution in [3.63, 3.8) is 0 Å². The van der Waals surface area contributed by atoms with E-state index in [9.17, 15) is 9.90 Å². The minimum absolute atomic E-state index is 0.633. The molecule has 0 bridgehead atoms. The van der Waals surface area contributed by atoms with Crippen molar-refractivity contribution in [2.45, 2.75) is 25.3 Å². The van der Waals surface area contributed by atoms with Gasteiger partial charge < -0.3 is 10.0 Å². The number of aryl methyl sites for hydroxylation is 2. The van der Waals surface area contributed by atoms with Crippen molar-refractivity contribution in [3.05, 3.63) is 34.9 Å². The van der Waals surface area contributed by atoms with Gasteiger partial charge in [0, 0.05) is 13.1 Å². The highest BCUT2D eigenvalue weighted by Crippen LogP contribution is 2.37. The first-order valence-electron chi connectivity index (χ1n) is 6.69. The van der Waals surface area contributed by atoms with Gasteiger partial charge in [-0.3, -0.25) is 5.32 Å².